The van der Waals surface area contributed by atoms with Gasteiger partial charge >= 0.3 is 0 Å². The maximum atomic E-state index is 11.5. The molecule has 0 spiro atoms. The van der Waals surface area contributed by atoms with Gasteiger partial charge in [-0.2, -0.15) is 0 Å². The lowest BCUT2D eigenvalue weighted by atomic mass is 10.3. The average Bonchev–Trinajstić information content (AvgIpc) is 2.45. The van der Waals surface area contributed by atoms with Crippen molar-refractivity contribution in [3.05, 3.63) is 48.3 Å². The zero-order valence-electron chi connectivity index (χ0n) is 12.0. The van der Waals surface area contributed by atoms with Crippen LogP contribution in [0.25, 0.3) is 0 Å². The Bertz CT molecular complexity index is 714. The molecular formula is C15H18N2O3S. The second-order valence-electron chi connectivity index (χ2n) is 4.61. The van der Waals surface area contributed by atoms with Gasteiger partial charge < -0.3 is 10.1 Å². The summed E-state index contributed by atoms with van der Waals surface area (Å²) in [5, 5.41) is 3.19. The van der Waals surface area contributed by atoms with Gasteiger partial charge in [0, 0.05) is 25.1 Å². The maximum absolute atomic E-state index is 11.5. The minimum Gasteiger partial charge on any atom is -0.457 e. The molecule has 5 nitrogen and oxygen atoms in total. The summed E-state index contributed by atoms with van der Waals surface area (Å²) in [6.07, 6.45) is 2.84. The van der Waals surface area contributed by atoms with Crippen LogP contribution in [0, 0.1) is 0 Å². The SMILES string of the molecule is CCNCc1cc(Oc2cccc(S(C)(=O)=O)c2)ccn1. The van der Waals surface area contributed by atoms with Gasteiger partial charge in [0.25, 0.3) is 0 Å². The Morgan fingerprint density at radius 2 is 1.95 bits per heavy atom. The molecule has 2 rings (SSSR count). The molecule has 0 bridgehead atoms. The van der Waals surface area contributed by atoms with Gasteiger partial charge in [-0.05, 0) is 30.8 Å². The fourth-order valence-corrected chi connectivity index (χ4v) is 2.43. The number of ether oxygens (including phenoxy) is 1. The van der Waals surface area contributed by atoms with Crippen molar-refractivity contribution in [2.45, 2.75) is 18.4 Å². The van der Waals surface area contributed by atoms with Gasteiger partial charge in [0.05, 0.1) is 10.6 Å². The zero-order chi connectivity index (χ0) is 15.3. The van der Waals surface area contributed by atoms with Crippen LogP contribution >= 0.6 is 0 Å². The quantitative estimate of drug-likeness (QED) is 0.887. The molecule has 0 atom stereocenters. The van der Waals surface area contributed by atoms with Crippen molar-refractivity contribution in [2.24, 2.45) is 0 Å². The minimum atomic E-state index is -3.24. The van der Waals surface area contributed by atoms with Gasteiger partial charge in [0.2, 0.25) is 0 Å². The Kier molecular flexibility index (Phi) is 4.93. The summed E-state index contributed by atoms with van der Waals surface area (Å²) in [5.41, 5.74) is 0.869. The number of aromatic nitrogens is 1. The first-order valence-electron chi connectivity index (χ1n) is 6.62. The van der Waals surface area contributed by atoms with Crippen LogP contribution in [0.3, 0.4) is 0 Å². The first-order valence-corrected chi connectivity index (χ1v) is 8.52. The van der Waals surface area contributed by atoms with Crippen LogP contribution in [0.4, 0.5) is 0 Å². The van der Waals surface area contributed by atoms with Crippen LogP contribution in [0.5, 0.6) is 11.5 Å². The summed E-state index contributed by atoms with van der Waals surface area (Å²) in [4.78, 5) is 4.47. The fraction of sp³-hybridized carbons (Fsp3) is 0.267. The molecule has 0 saturated heterocycles. The third-order valence-electron chi connectivity index (χ3n) is 2.81. The number of nitrogens with one attached hydrogen (secondary N) is 1. The summed E-state index contributed by atoms with van der Waals surface area (Å²) < 4.78 is 28.8. The molecule has 21 heavy (non-hydrogen) atoms. The van der Waals surface area contributed by atoms with Crippen molar-refractivity contribution >= 4 is 9.84 Å². The summed E-state index contributed by atoms with van der Waals surface area (Å²) in [6, 6.07) is 10.0. The number of pyridine rings is 1. The highest BCUT2D eigenvalue weighted by Gasteiger charge is 2.08. The van der Waals surface area contributed by atoms with Gasteiger partial charge in [0.1, 0.15) is 11.5 Å². The summed E-state index contributed by atoms with van der Waals surface area (Å²) in [5.74, 6) is 1.11. The van der Waals surface area contributed by atoms with Crippen molar-refractivity contribution in [1.29, 1.82) is 0 Å². The van der Waals surface area contributed by atoms with E-state index in [1.165, 1.54) is 12.3 Å². The fourth-order valence-electron chi connectivity index (χ4n) is 1.77. The number of nitrogens with zero attached hydrogens (tertiary/aromatic N) is 1. The predicted molar refractivity (Wildman–Crippen MR) is 81.2 cm³/mol. The molecule has 0 amide bonds. The highest BCUT2D eigenvalue weighted by Crippen LogP contribution is 2.24. The third kappa shape index (κ3) is 4.54. The van der Waals surface area contributed by atoms with E-state index in [1.54, 1.807) is 30.5 Å². The lowest BCUT2D eigenvalue weighted by Crippen LogP contribution is -2.12. The third-order valence-corrected chi connectivity index (χ3v) is 3.92. The van der Waals surface area contributed by atoms with E-state index in [1.807, 2.05) is 13.0 Å². The van der Waals surface area contributed by atoms with Crippen LogP contribution in [0.2, 0.25) is 0 Å². The number of sulfone groups is 1. The predicted octanol–water partition coefficient (Wildman–Crippen LogP) is 2.39. The molecule has 0 radical (unpaired) electrons. The lowest BCUT2D eigenvalue weighted by molar-refractivity contribution is 0.478. The molecule has 6 heteroatoms. The molecule has 0 aliphatic heterocycles. The topological polar surface area (TPSA) is 68.3 Å². The molecule has 0 aliphatic carbocycles. The van der Waals surface area contributed by atoms with E-state index in [0.29, 0.717) is 18.0 Å². The first-order chi connectivity index (χ1) is 9.99. The Morgan fingerprint density at radius 3 is 2.67 bits per heavy atom. The summed E-state index contributed by atoms with van der Waals surface area (Å²) in [6.45, 7) is 3.55. The molecule has 1 aromatic heterocycles. The van der Waals surface area contributed by atoms with Gasteiger partial charge in [-0.3, -0.25) is 4.98 Å². The minimum absolute atomic E-state index is 0.238. The van der Waals surface area contributed by atoms with Crippen LogP contribution in [-0.4, -0.2) is 26.2 Å². The number of rotatable bonds is 6. The Balaban J connectivity index is 2.18. The van der Waals surface area contributed by atoms with Crippen LogP contribution in [0.15, 0.2) is 47.5 Å². The number of hydrogen-bond donors (Lipinski definition) is 1. The second kappa shape index (κ2) is 6.69. The highest BCUT2D eigenvalue weighted by molar-refractivity contribution is 7.90. The Labute approximate surface area is 124 Å². The molecule has 0 aliphatic rings. The van der Waals surface area contributed by atoms with E-state index < -0.39 is 9.84 Å². The molecular weight excluding hydrogens is 288 g/mol. The van der Waals surface area contributed by atoms with E-state index >= 15 is 0 Å². The Hall–Kier alpha value is -1.92. The standard InChI is InChI=1S/C15H18N2O3S/c1-3-16-11-12-9-14(7-8-17-12)20-13-5-4-6-15(10-13)21(2,18)19/h4-10,16H,3,11H2,1-2H3. The molecule has 0 saturated carbocycles. The molecule has 0 fully saturated rings. The van der Waals surface area contributed by atoms with Crippen molar-refractivity contribution in [2.75, 3.05) is 12.8 Å². The number of benzene rings is 1. The van der Waals surface area contributed by atoms with Gasteiger partial charge in [-0.1, -0.05) is 13.0 Å². The smallest absolute Gasteiger partial charge is 0.175 e. The monoisotopic (exact) mass is 306 g/mol. The van der Waals surface area contributed by atoms with Crippen molar-refractivity contribution in [3.8, 4) is 11.5 Å². The normalized spacial score (nSPS) is 11.3. The lowest BCUT2D eigenvalue weighted by Gasteiger charge is -2.08. The van der Waals surface area contributed by atoms with E-state index in [2.05, 4.69) is 10.3 Å². The molecule has 1 aromatic carbocycles. The van der Waals surface area contributed by atoms with E-state index in [0.717, 1.165) is 12.2 Å². The zero-order valence-corrected chi connectivity index (χ0v) is 12.9. The Morgan fingerprint density at radius 1 is 1.19 bits per heavy atom. The first kappa shape index (κ1) is 15.5. The van der Waals surface area contributed by atoms with E-state index in [4.69, 9.17) is 4.74 Å². The molecule has 1 N–H and O–H groups in total. The van der Waals surface area contributed by atoms with E-state index in [-0.39, 0.29) is 4.90 Å². The maximum Gasteiger partial charge on any atom is 0.175 e. The van der Waals surface area contributed by atoms with Crippen molar-refractivity contribution < 1.29 is 13.2 Å². The van der Waals surface area contributed by atoms with Crippen LogP contribution in [0.1, 0.15) is 12.6 Å². The van der Waals surface area contributed by atoms with Crippen molar-refractivity contribution in [1.82, 2.24) is 10.3 Å². The average molecular weight is 306 g/mol. The molecule has 112 valence electrons. The summed E-state index contributed by atoms with van der Waals surface area (Å²) in [7, 11) is -3.24. The van der Waals surface area contributed by atoms with Gasteiger partial charge in [0.15, 0.2) is 9.84 Å². The largest absolute Gasteiger partial charge is 0.457 e. The van der Waals surface area contributed by atoms with Crippen molar-refractivity contribution in [3.63, 3.8) is 0 Å². The van der Waals surface area contributed by atoms with E-state index in [9.17, 15) is 8.42 Å². The highest BCUT2D eigenvalue weighted by atomic mass is 32.2. The van der Waals surface area contributed by atoms with Gasteiger partial charge in [-0.15, -0.1) is 0 Å². The van der Waals surface area contributed by atoms with Crippen LogP contribution < -0.4 is 10.1 Å². The molecule has 2 aromatic rings. The number of hydrogen-bond acceptors (Lipinski definition) is 5. The molecule has 1 heterocycles. The van der Waals surface area contributed by atoms with Gasteiger partial charge in [-0.25, -0.2) is 8.42 Å². The molecule has 0 unspecified atom stereocenters. The second-order valence-corrected chi connectivity index (χ2v) is 6.63. The van der Waals surface area contributed by atoms with Crippen LogP contribution in [-0.2, 0) is 16.4 Å². The summed E-state index contributed by atoms with van der Waals surface area (Å²) >= 11 is 0.